The number of benzene rings is 4. The zero-order valence-electron chi connectivity index (χ0n) is 21.8. The summed E-state index contributed by atoms with van der Waals surface area (Å²) < 4.78 is 6.80. The Morgan fingerprint density at radius 1 is 0.789 bits per heavy atom. The van der Waals surface area contributed by atoms with Crippen LogP contribution in [0.2, 0.25) is 0 Å². The van der Waals surface area contributed by atoms with Crippen LogP contribution in [-0.2, 0) is 26.1 Å². The van der Waals surface area contributed by atoms with Gasteiger partial charge in [0.2, 0.25) is 0 Å². The lowest BCUT2D eigenvalue weighted by molar-refractivity contribution is 0.0951. The van der Waals surface area contributed by atoms with Gasteiger partial charge < -0.3 is 10.1 Å². The van der Waals surface area contributed by atoms with Gasteiger partial charge in [-0.25, -0.2) is 5.32 Å². The van der Waals surface area contributed by atoms with Crippen LogP contribution >= 0.6 is 15.9 Å². The Hall–Kier alpha value is -3.41. The van der Waals surface area contributed by atoms with Crippen molar-refractivity contribution in [1.82, 2.24) is 10.6 Å². The molecule has 4 nitrogen and oxygen atoms in total. The molecule has 0 aliphatic rings. The van der Waals surface area contributed by atoms with E-state index in [4.69, 9.17) is 10.1 Å². The maximum Gasteiger partial charge on any atom is 0.251 e. The Balaban J connectivity index is 1.24. The number of hydrogen-bond donors (Lipinski definition) is 1. The van der Waals surface area contributed by atoms with Crippen LogP contribution in [0, 0.1) is 0 Å². The largest absolute Gasteiger partial charge is 0.457 e. The average Bonchev–Trinajstić information content (AvgIpc) is 2.94. The number of aryl methyl sites for hydroxylation is 1. The number of unbranched alkanes of at least 4 members (excludes halogenated alkanes) is 2. The second kappa shape index (κ2) is 14.5. The van der Waals surface area contributed by atoms with E-state index in [1.807, 2.05) is 72.8 Å². The first kappa shape index (κ1) is 27.6. The fourth-order valence-electron chi connectivity index (χ4n) is 4.14. The molecule has 0 unspecified atom stereocenters. The zero-order valence-corrected chi connectivity index (χ0v) is 23.4. The van der Waals surface area contributed by atoms with E-state index in [9.17, 15) is 4.79 Å². The normalized spacial score (nSPS) is 10.8. The third-order valence-electron chi connectivity index (χ3n) is 6.31. The van der Waals surface area contributed by atoms with Crippen molar-refractivity contribution in [3.05, 3.63) is 129 Å². The fourth-order valence-corrected chi connectivity index (χ4v) is 4.65. The standard InChI is InChI=1S/C33H34BrN2O2/c1-2-3-5-9-25-14-16-26(17-15-25)23-36-33(37)28-18-19-29(32(34)21-28)24-35-22-27-10-8-13-31(20-27)38-30-11-6-4-7-12-30/h4,6-8,10-21H,2-3,5,9,22-24H2,1H3,(H,36,37). The lowest BCUT2D eigenvalue weighted by Crippen LogP contribution is -2.22. The Labute approximate surface area is 234 Å². The number of halogens is 1. The van der Waals surface area contributed by atoms with Crippen molar-refractivity contribution in [3.63, 3.8) is 0 Å². The summed E-state index contributed by atoms with van der Waals surface area (Å²) in [6.45, 7) is 3.86. The summed E-state index contributed by atoms with van der Waals surface area (Å²) in [5.74, 6) is 1.52. The molecular weight excluding hydrogens is 536 g/mol. The first-order valence-corrected chi connectivity index (χ1v) is 14.0. The van der Waals surface area contributed by atoms with Crippen LogP contribution in [0.25, 0.3) is 0 Å². The molecule has 38 heavy (non-hydrogen) atoms. The van der Waals surface area contributed by atoms with Crippen molar-refractivity contribution in [3.8, 4) is 11.5 Å². The summed E-state index contributed by atoms with van der Waals surface area (Å²) in [5.41, 5.74) is 5.20. The van der Waals surface area contributed by atoms with Gasteiger partial charge >= 0.3 is 0 Å². The van der Waals surface area contributed by atoms with Crippen molar-refractivity contribution in [1.29, 1.82) is 0 Å². The van der Waals surface area contributed by atoms with Gasteiger partial charge in [-0.2, -0.15) is 0 Å². The number of carbonyl (C=O) groups excluding carboxylic acids is 1. The molecule has 0 heterocycles. The van der Waals surface area contributed by atoms with Gasteiger partial charge in [0.15, 0.2) is 0 Å². The molecule has 4 aromatic rings. The summed E-state index contributed by atoms with van der Waals surface area (Å²) in [4.78, 5) is 12.7. The van der Waals surface area contributed by atoms with Gasteiger partial charge in [-0.1, -0.05) is 96.4 Å². The van der Waals surface area contributed by atoms with E-state index in [1.54, 1.807) is 0 Å². The minimum Gasteiger partial charge on any atom is -0.457 e. The fraction of sp³-hybridized carbons (Fsp3) is 0.242. The van der Waals surface area contributed by atoms with E-state index in [1.165, 1.54) is 24.8 Å². The molecule has 5 heteroatoms. The SMILES string of the molecule is CCCCCc1ccc(CNC(=O)c2ccc(C[N]Cc3cccc(Oc4ccccc4)c3)c(Br)c2)cc1. The van der Waals surface area contributed by atoms with Crippen molar-refractivity contribution in [2.75, 3.05) is 0 Å². The number of carbonyl (C=O) groups is 1. The predicted molar refractivity (Wildman–Crippen MR) is 157 cm³/mol. The minimum absolute atomic E-state index is 0.0866. The van der Waals surface area contributed by atoms with E-state index in [0.29, 0.717) is 25.2 Å². The number of amides is 1. The zero-order chi connectivity index (χ0) is 26.6. The monoisotopic (exact) mass is 569 g/mol. The maximum atomic E-state index is 12.7. The predicted octanol–water partition coefficient (Wildman–Crippen LogP) is 8.21. The van der Waals surface area contributed by atoms with E-state index in [0.717, 1.165) is 39.1 Å². The molecule has 0 aromatic heterocycles. The topological polar surface area (TPSA) is 52.4 Å². The second-order valence-electron chi connectivity index (χ2n) is 9.36. The van der Waals surface area contributed by atoms with Gasteiger partial charge in [-0.3, -0.25) is 4.79 Å². The van der Waals surface area contributed by atoms with Crippen LogP contribution < -0.4 is 15.4 Å². The quantitative estimate of drug-likeness (QED) is 0.165. The van der Waals surface area contributed by atoms with Crippen LogP contribution in [0.4, 0.5) is 0 Å². The molecule has 4 rings (SSSR count). The average molecular weight is 571 g/mol. The van der Waals surface area contributed by atoms with Crippen molar-refractivity contribution >= 4 is 21.8 Å². The van der Waals surface area contributed by atoms with Gasteiger partial charge in [0.05, 0.1) is 0 Å². The second-order valence-corrected chi connectivity index (χ2v) is 10.2. The minimum atomic E-state index is -0.0866. The van der Waals surface area contributed by atoms with Gasteiger partial charge in [-0.15, -0.1) is 0 Å². The molecule has 195 valence electrons. The molecule has 0 aliphatic heterocycles. The van der Waals surface area contributed by atoms with E-state index < -0.39 is 0 Å². The maximum absolute atomic E-state index is 12.7. The Morgan fingerprint density at radius 2 is 1.55 bits per heavy atom. The Kier molecular flexibility index (Phi) is 10.5. The number of para-hydroxylation sites is 1. The van der Waals surface area contributed by atoms with Crippen LogP contribution in [0.15, 0.2) is 102 Å². The van der Waals surface area contributed by atoms with Crippen LogP contribution in [0.5, 0.6) is 11.5 Å². The highest BCUT2D eigenvalue weighted by Crippen LogP contribution is 2.23. The highest BCUT2D eigenvalue weighted by Gasteiger charge is 2.09. The van der Waals surface area contributed by atoms with Crippen molar-refractivity contribution in [2.45, 2.75) is 52.2 Å². The first-order valence-electron chi connectivity index (χ1n) is 13.2. The summed E-state index contributed by atoms with van der Waals surface area (Å²) in [6.07, 6.45) is 4.83. The molecule has 1 amide bonds. The van der Waals surface area contributed by atoms with Crippen molar-refractivity contribution < 1.29 is 9.53 Å². The molecule has 0 fully saturated rings. The lowest BCUT2D eigenvalue weighted by atomic mass is 10.1. The highest BCUT2D eigenvalue weighted by molar-refractivity contribution is 9.10. The van der Waals surface area contributed by atoms with E-state index in [2.05, 4.69) is 52.4 Å². The molecule has 0 bridgehead atoms. The Morgan fingerprint density at radius 3 is 2.32 bits per heavy atom. The first-order chi connectivity index (χ1) is 18.6. The third-order valence-corrected chi connectivity index (χ3v) is 7.05. The lowest BCUT2D eigenvalue weighted by Gasteiger charge is -2.10. The van der Waals surface area contributed by atoms with E-state index in [-0.39, 0.29) is 5.91 Å². The number of ether oxygens (including phenoxy) is 1. The molecule has 4 aromatic carbocycles. The summed E-state index contributed by atoms with van der Waals surface area (Å²) >= 11 is 3.62. The molecule has 0 saturated carbocycles. The number of nitrogens with zero attached hydrogens (tertiary/aromatic N) is 1. The molecular formula is C33H34BrN2O2. The molecule has 0 atom stereocenters. The molecule has 1 N–H and O–H groups in total. The van der Waals surface area contributed by atoms with Crippen LogP contribution in [0.1, 0.15) is 58.8 Å². The smallest absolute Gasteiger partial charge is 0.251 e. The number of rotatable bonds is 13. The van der Waals surface area contributed by atoms with Gasteiger partial charge in [0, 0.05) is 29.7 Å². The van der Waals surface area contributed by atoms with Crippen LogP contribution in [0.3, 0.4) is 0 Å². The van der Waals surface area contributed by atoms with Crippen LogP contribution in [-0.4, -0.2) is 5.91 Å². The van der Waals surface area contributed by atoms with Crippen molar-refractivity contribution in [2.24, 2.45) is 0 Å². The number of hydrogen-bond acceptors (Lipinski definition) is 2. The summed E-state index contributed by atoms with van der Waals surface area (Å²) in [6, 6.07) is 31.9. The molecule has 0 saturated heterocycles. The number of nitrogens with one attached hydrogen (secondary N) is 1. The highest BCUT2D eigenvalue weighted by atomic mass is 79.9. The molecule has 0 spiro atoms. The summed E-state index contributed by atoms with van der Waals surface area (Å²) in [7, 11) is 0. The Bertz CT molecular complexity index is 1310. The third kappa shape index (κ3) is 8.57. The molecule has 0 aliphatic carbocycles. The van der Waals surface area contributed by atoms with Gasteiger partial charge in [0.25, 0.3) is 5.91 Å². The molecule has 1 radical (unpaired) electrons. The van der Waals surface area contributed by atoms with E-state index >= 15 is 0 Å². The van der Waals surface area contributed by atoms with Gasteiger partial charge in [0.1, 0.15) is 11.5 Å². The summed E-state index contributed by atoms with van der Waals surface area (Å²) in [5, 5.41) is 7.74. The van der Waals surface area contributed by atoms with Gasteiger partial charge in [-0.05, 0) is 71.5 Å².